The van der Waals surface area contributed by atoms with Crippen LogP contribution in [0.15, 0.2) is 54.6 Å². The molecule has 0 N–H and O–H groups in total. The first-order valence-electron chi connectivity index (χ1n) is 6.76. The van der Waals surface area contributed by atoms with Crippen molar-refractivity contribution in [3.63, 3.8) is 0 Å². The van der Waals surface area contributed by atoms with Crippen LogP contribution in [0.25, 0.3) is 11.0 Å². The Hall–Kier alpha value is -2.14. The summed E-state index contributed by atoms with van der Waals surface area (Å²) in [7, 11) is -3.37. The summed E-state index contributed by atoms with van der Waals surface area (Å²) in [5.74, 6) is 0.586. The largest absolute Gasteiger partial charge is 0.237 e. The van der Waals surface area contributed by atoms with Crippen LogP contribution in [0.3, 0.4) is 0 Å². The summed E-state index contributed by atoms with van der Waals surface area (Å²) in [5.41, 5.74) is 2.53. The maximum absolute atomic E-state index is 12.1. The van der Waals surface area contributed by atoms with E-state index >= 15 is 0 Å². The standard InChI is InChI=1S/C16H16N2O2S/c1-21(19,20)18-15-10-6-5-9-14(15)17-16(18)12-11-13-7-3-2-4-8-13/h2-10H,11-12H2,1H3. The Bertz CT molecular complexity index is 868. The number of fused-ring (bicyclic) bond motifs is 1. The Kier molecular flexibility index (Phi) is 3.51. The quantitative estimate of drug-likeness (QED) is 0.744. The van der Waals surface area contributed by atoms with Crippen molar-refractivity contribution in [1.29, 1.82) is 0 Å². The molecule has 1 aromatic heterocycles. The molecule has 5 heteroatoms. The third-order valence-electron chi connectivity index (χ3n) is 3.40. The molecule has 0 bridgehead atoms. The lowest BCUT2D eigenvalue weighted by Gasteiger charge is -2.06. The molecule has 0 saturated heterocycles. The van der Waals surface area contributed by atoms with Gasteiger partial charge in [-0.15, -0.1) is 0 Å². The molecule has 3 aromatic rings. The molecule has 0 fully saturated rings. The highest BCUT2D eigenvalue weighted by atomic mass is 32.2. The van der Waals surface area contributed by atoms with E-state index in [-0.39, 0.29) is 0 Å². The van der Waals surface area contributed by atoms with Crippen LogP contribution in [0, 0.1) is 0 Å². The highest BCUT2D eigenvalue weighted by Crippen LogP contribution is 2.19. The summed E-state index contributed by atoms with van der Waals surface area (Å²) >= 11 is 0. The van der Waals surface area contributed by atoms with Crippen molar-refractivity contribution in [1.82, 2.24) is 8.96 Å². The number of rotatable bonds is 4. The minimum absolute atomic E-state index is 0.586. The zero-order valence-corrected chi connectivity index (χ0v) is 12.5. The molecule has 108 valence electrons. The van der Waals surface area contributed by atoms with E-state index in [1.807, 2.05) is 48.5 Å². The van der Waals surface area contributed by atoms with E-state index < -0.39 is 10.0 Å². The Morgan fingerprint density at radius 1 is 0.952 bits per heavy atom. The van der Waals surface area contributed by atoms with Crippen LogP contribution < -0.4 is 0 Å². The molecule has 0 saturated carbocycles. The fraction of sp³-hybridized carbons (Fsp3) is 0.188. The van der Waals surface area contributed by atoms with Crippen molar-refractivity contribution < 1.29 is 8.42 Å². The fourth-order valence-electron chi connectivity index (χ4n) is 2.48. The molecule has 3 rings (SSSR count). The molecule has 0 aliphatic carbocycles. The second-order valence-electron chi connectivity index (χ2n) is 5.03. The third-order valence-corrected chi connectivity index (χ3v) is 4.47. The SMILES string of the molecule is CS(=O)(=O)n1c(CCc2ccccc2)nc2ccccc21. The minimum Gasteiger partial charge on any atom is -0.232 e. The maximum Gasteiger partial charge on any atom is 0.237 e. The summed E-state index contributed by atoms with van der Waals surface area (Å²) in [6.07, 6.45) is 2.57. The van der Waals surface area contributed by atoms with Crippen molar-refractivity contribution in [2.75, 3.05) is 6.26 Å². The molecule has 0 radical (unpaired) electrons. The van der Waals surface area contributed by atoms with E-state index in [9.17, 15) is 8.42 Å². The highest BCUT2D eigenvalue weighted by Gasteiger charge is 2.17. The Morgan fingerprint density at radius 3 is 2.33 bits per heavy atom. The topological polar surface area (TPSA) is 52.0 Å². The fourth-order valence-corrected chi connectivity index (χ4v) is 3.51. The molecule has 0 aliphatic heterocycles. The van der Waals surface area contributed by atoms with Crippen molar-refractivity contribution in [2.24, 2.45) is 0 Å². The predicted molar refractivity (Wildman–Crippen MR) is 83.8 cm³/mol. The number of hydrogen-bond acceptors (Lipinski definition) is 3. The summed E-state index contributed by atoms with van der Waals surface area (Å²) in [5, 5.41) is 0. The van der Waals surface area contributed by atoms with Gasteiger partial charge in [0.1, 0.15) is 5.82 Å². The molecule has 4 nitrogen and oxygen atoms in total. The van der Waals surface area contributed by atoms with Gasteiger partial charge in [-0.3, -0.25) is 0 Å². The normalized spacial score (nSPS) is 11.9. The zero-order valence-electron chi connectivity index (χ0n) is 11.7. The number of nitrogens with zero attached hydrogens (tertiary/aromatic N) is 2. The molecule has 0 atom stereocenters. The Morgan fingerprint density at radius 2 is 1.62 bits per heavy atom. The van der Waals surface area contributed by atoms with Crippen LogP contribution >= 0.6 is 0 Å². The van der Waals surface area contributed by atoms with Crippen LogP contribution in [-0.2, 0) is 22.9 Å². The molecule has 21 heavy (non-hydrogen) atoms. The van der Waals surface area contributed by atoms with Gasteiger partial charge < -0.3 is 0 Å². The molecule has 1 heterocycles. The van der Waals surface area contributed by atoms with E-state index in [1.165, 1.54) is 15.8 Å². The summed E-state index contributed by atoms with van der Waals surface area (Å²) < 4.78 is 25.5. The Labute approximate surface area is 124 Å². The first-order chi connectivity index (χ1) is 10.1. The third kappa shape index (κ3) is 2.83. The number of aryl methyl sites for hydroxylation is 2. The number of para-hydroxylation sites is 2. The van der Waals surface area contributed by atoms with Crippen molar-refractivity contribution in [3.05, 3.63) is 66.0 Å². The summed E-state index contributed by atoms with van der Waals surface area (Å²) in [6.45, 7) is 0. The first kappa shape index (κ1) is 13.8. The van der Waals surface area contributed by atoms with Crippen LogP contribution in [-0.4, -0.2) is 23.6 Å². The number of hydrogen-bond donors (Lipinski definition) is 0. The molecule has 2 aromatic carbocycles. The highest BCUT2D eigenvalue weighted by molar-refractivity contribution is 7.89. The summed E-state index contributed by atoms with van der Waals surface area (Å²) in [4.78, 5) is 4.48. The van der Waals surface area contributed by atoms with Crippen molar-refractivity contribution in [2.45, 2.75) is 12.8 Å². The number of imidazole rings is 1. The lowest BCUT2D eigenvalue weighted by Crippen LogP contribution is -2.14. The van der Waals surface area contributed by atoms with Gasteiger partial charge in [0.25, 0.3) is 0 Å². The van der Waals surface area contributed by atoms with Crippen molar-refractivity contribution >= 4 is 21.1 Å². The summed E-state index contributed by atoms with van der Waals surface area (Å²) in [6, 6.07) is 17.3. The zero-order chi connectivity index (χ0) is 14.9. The second kappa shape index (κ2) is 5.33. The predicted octanol–water partition coefficient (Wildman–Crippen LogP) is 2.63. The Balaban J connectivity index is 2.02. The minimum atomic E-state index is -3.37. The molecule has 0 unspecified atom stereocenters. The van der Waals surface area contributed by atoms with Crippen LogP contribution in [0.1, 0.15) is 11.4 Å². The average molecular weight is 300 g/mol. The average Bonchev–Trinajstić information content (AvgIpc) is 2.84. The van der Waals surface area contributed by atoms with Gasteiger partial charge in [0.2, 0.25) is 10.0 Å². The van der Waals surface area contributed by atoms with Crippen LogP contribution in [0.5, 0.6) is 0 Å². The number of aromatic nitrogens is 2. The molecule has 0 aliphatic rings. The maximum atomic E-state index is 12.1. The molecular formula is C16H16N2O2S. The van der Waals surface area contributed by atoms with E-state index in [1.54, 1.807) is 6.07 Å². The van der Waals surface area contributed by atoms with Gasteiger partial charge >= 0.3 is 0 Å². The number of benzene rings is 2. The molecule has 0 spiro atoms. The molecule has 0 amide bonds. The monoisotopic (exact) mass is 300 g/mol. The van der Waals surface area contributed by atoms with Gasteiger partial charge in [0.05, 0.1) is 17.3 Å². The van der Waals surface area contributed by atoms with Gasteiger partial charge in [0.15, 0.2) is 0 Å². The van der Waals surface area contributed by atoms with Gasteiger partial charge in [-0.05, 0) is 24.1 Å². The van der Waals surface area contributed by atoms with E-state index in [2.05, 4.69) is 4.98 Å². The van der Waals surface area contributed by atoms with Crippen LogP contribution in [0.2, 0.25) is 0 Å². The van der Waals surface area contributed by atoms with Gasteiger partial charge in [-0.25, -0.2) is 17.4 Å². The van der Waals surface area contributed by atoms with E-state index in [0.717, 1.165) is 6.42 Å². The second-order valence-corrected chi connectivity index (χ2v) is 6.86. The van der Waals surface area contributed by atoms with Gasteiger partial charge in [-0.1, -0.05) is 42.5 Å². The van der Waals surface area contributed by atoms with Gasteiger partial charge in [-0.2, -0.15) is 0 Å². The van der Waals surface area contributed by atoms with Crippen molar-refractivity contribution in [3.8, 4) is 0 Å². The molecular weight excluding hydrogens is 284 g/mol. The van der Waals surface area contributed by atoms with Gasteiger partial charge in [0, 0.05) is 6.42 Å². The van der Waals surface area contributed by atoms with E-state index in [0.29, 0.717) is 23.3 Å². The van der Waals surface area contributed by atoms with E-state index in [4.69, 9.17) is 0 Å². The lowest BCUT2D eigenvalue weighted by atomic mass is 10.1. The van der Waals surface area contributed by atoms with Crippen LogP contribution in [0.4, 0.5) is 0 Å². The smallest absolute Gasteiger partial charge is 0.232 e. The first-order valence-corrected chi connectivity index (χ1v) is 8.61. The lowest BCUT2D eigenvalue weighted by molar-refractivity contribution is 0.592.